The fourth-order valence-electron chi connectivity index (χ4n) is 2.19. The highest BCUT2D eigenvalue weighted by Crippen LogP contribution is 2.10. The Morgan fingerprint density at radius 3 is 2.26 bits per heavy atom. The number of pyridine rings is 1. The summed E-state index contributed by atoms with van der Waals surface area (Å²) in [6.45, 7) is 7.25. The third-order valence-corrected chi connectivity index (χ3v) is 4.26. The number of carbonyl (C=O) groups is 2. The van der Waals surface area contributed by atoms with Gasteiger partial charge >= 0.3 is 0 Å². The zero-order valence-electron chi connectivity index (χ0n) is 16.7. The Balaban J connectivity index is 0.000000271. The van der Waals surface area contributed by atoms with Crippen LogP contribution in [-0.4, -0.2) is 36.2 Å². The van der Waals surface area contributed by atoms with Crippen LogP contribution in [0.2, 0.25) is 0 Å². The maximum atomic E-state index is 11.6. The minimum Gasteiger partial charge on any atom is -0.316 e. The molecule has 1 heterocycles. The Kier molecular flexibility index (Phi) is 10.8. The van der Waals surface area contributed by atoms with Crippen molar-refractivity contribution >= 4 is 11.6 Å². The number of carbonyl (C=O) groups excluding carboxylic acids is 2. The van der Waals surface area contributed by atoms with Crippen LogP contribution in [0.5, 0.6) is 0 Å². The number of nitrogens with zero attached hydrogens (tertiary/aromatic N) is 1. The van der Waals surface area contributed by atoms with Crippen LogP contribution >= 0.6 is 0 Å². The van der Waals surface area contributed by atoms with Crippen LogP contribution in [-0.2, 0) is 11.3 Å². The first kappa shape index (κ1) is 22.7. The van der Waals surface area contributed by atoms with Crippen molar-refractivity contribution < 1.29 is 9.59 Å². The summed E-state index contributed by atoms with van der Waals surface area (Å²) in [5.74, 6) is -0.0784. The number of aromatic nitrogens is 1. The van der Waals surface area contributed by atoms with Crippen LogP contribution in [0.1, 0.15) is 43.2 Å². The van der Waals surface area contributed by atoms with E-state index < -0.39 is 0 Å². The number of rotatable bonds is 9. The normalized spacial score (nSPS) is 12.4. The summed E-state index contributed by atoms with van der Waals surface area (Å²) in [5, 5.41) is 6.50. The lowest BCUT2D eigenvalue weighted by atomic mass is 9.97. The van der Waals surface area contributed by atoms with Crippen molar-refractivity contribution in [2.24, 2.45) is 5.92 Å². The van der Waals surface area contributed by atoms with Gasteiger partial charge in [0.1, 0.15) is 5.78 Å². The third-order valence-electron chi connectivity index (χ3n) is 4.26. The molecular formula is C22H31N3O2. The summed E-state index contributed by atoms with van der Waals surface area (Å²) in [7, 11) is 1.97. The van der Waals surface area contributed by atoms with Crippen molar-refractivity contribution in [2.75, 3.05) is 13.6 Å². The van der Waals surface area contributed by atoms with Gasteiger partial charge in [-0.05, 0) is 33.0 Å². The molecule has 2 rings (SSSR count). The second-order valence-electron chi connectivity index (χ2n) is 6.65. The summed E-state index contributed by atoms with van der Waals surface area (Å²) in [6, 6.07) is 15.5. The molecule has 0 radical (unpaired) electrons. The van der Waals surface area contributed by atoms with Gasteiger partial charge < -0.3 is 10.6 Å². The highest BCUT2D eigenvalue weighted by Gasteiger charge is 2.13. The molecule has 5 nitrogen and oxygen atoms in total. The first-order valence-electron chi connectivity index (χ1n) is 9.30. The minimum atomic E-state index is -0.178. The monoisotopic (exact) mass is 369 g/mol. The van der Waals surface area contributed by atoms with E-state index in [0.29, 0.717) is 18.0 Å². The molecule has 146 valence electrons. The molecule has 0 aliphatic carbocycles. The number of hydrogen-bond acceptors (Lipinski definition) is 5. The van der Waals surface area contributed by atoms with Crippen molar-refractivity contribution in [3.8, 4) is 0 Å². The average molecular weight is 370 g/mol. The molecule has 2 atom stereocenters. The molecule has 0 spiro atoms. The number of ketones is 2. The van der Waals surface area contributed by atoms with Gasteiger partial charge in [-0.15, -0.1) is 0 Å². The minimum absolute atomic E-state index is 0.0355. The van der Waals surface area contributed by atoms with Crippen molar-refractivity contribution in [3.05, 3.63) is 66.0 Å². The summed E-state index contributed by atoms with van der Waals surface area (Å²) in [5.41, 5.74) is 1.77. The van der Waals surface area contributed by atoms with Crippen LogP contribution in [0.4, 0.5) is 0 Å². The zero-order valence-corrected chi connectivity index (χ0v) is 16.7. The van der Waals surface area contributed by atoms with Crippen molar-refractivity contribution in [2.45, 2.75) is 39.8 Å². The van der Waals surface area contributed by atoms with E-state index in [1.54, 1.807) is 19.1 Å². The SMILES string of the molecule is CC(=O)C(C)CC(=O)c1ccccc1.CNC(C)CNCc1ccccn1. The lowest BCUT2D eigenvalue weighted by Crippen LogP contribution is -2.33. The lowest BCUT2D eigenvalue weighted by molar-refractivity contribution is -0.120. The molecule has 0 saturated carbocycles. The molecule has 1 aromatic heterocycles. The molecule has 5 heteroatoms. The van der Waals surface area contributed by atoms with Crippen molar-refractivity contribution in [3.63, 3.8) is 0 Å². The van der Waals surface area contributed by atoms with Gasteiger partial charge in [0.15, 0.2) is 5.78 Å². The molecule has 0 aliphatic rings. The third kappa shape index (κ3) is 9.78. The van der Waals surface area contributed by atoms with E-state index in [9.17, 15) is 9.59 Å². The predicted molar refractivity (Wildman–Crippen MR) is 110 cm³/mol. The molecule has 0 aliphatic heterocycles. The van der Waals surface area contributed by atoms with Crippen LogP contribution < -0.4 is 10.6 Å². The Hall–Kier alpha value is -2.37. The first-order chi connectivity index (χ1) is 12.9. The molecule has 0 amide bonds. The summed E-state index contributed by atoms with van der Waals surface area (Å²) >= 11 is 0. The number of hydrogen-bond donors (Lipinski definition) is 2. The van der Waals surface area contributed by atoms with Gasteiger partial charge in [0.05, 0.1) is 5.69 Å². The van der Waals surface area contributed by atoms with Gasteiger partial charge in [-0.3, -0.25) is 14.6 Å². The number of benzene rings is 1. The highest BCUT2D eigenvalue weighted by molar-refractivity contribution is 5.98. The molecule has 2 aromatic rings. The number of Topliss-reactive ketones (excluding diaryl/α,β-unsaturated/α-hetero) is 2. The standard InChI is InChI=1S/C12H14O2.C10H17N3/c1-9(10(2)13)8-12(14)11-6-4-3-5-7-11;1-9(11-2)7-12-8-10-5-3-4-6-13-10/h3-7,9H,8H2,1-2H3;3-6,9,11-12H,7-8H2,1-2H3. The van der Waals surface area contributed by atoms with Crippen LogP contribution in [0, 0.1) is 5.92 Å². The van der Waals surface area contributed by atoms with Crippen molar-refractivity contribution in [1.82, 2.24) is 15.6 Å². The summed E-state index contributed by atoms with van der Waals surface area (Å²) in [4.78, 5) is 26.8. The van der Waals surface area contributed by atoms with Crippen LogP contribution in [0.15, 0.2) is 54.7 Å². The molecule has 1 aromatic carbocycles. The van der Waals surface area contributed by atoms with Gasteiger partial charge in [0.2, 0.25) is 0 Å². The van der Waals surface area contributed by atoms with Crippen LogP contribution in [0.25, 0.3) is 0 Å². The van der Waals surface area contributed by atoms with E-state index in [0.717, 1.165) is 18.8 Å². The number of nitrogens with one attached hydrogen (secondary N) is 2. The van der Waals surface area contributed by atoms with E-state index in [1.165, 1.54) is 6.92 Å². The molecule has 2 N–H and O–H groups in total. The van der Waals surface area contributed by atoms with Gasteiger partial charge in [-0.25, -0.2) is 0 Å². The van der Waals surface area contributed by atoms with E-state index >= 15 is 0 Å². The average Bonchev–Trinajstić information content (AvgIpc) is 2.69. The maximum Gasteiger partial charge on any atom is 0.163 e. The Labute approximate surface area is 162 Å². The Morgan fingerprint density at radius 1 is 1.04 bits per heavy atom. The molecule has 0 saturated heterocycles. The zero-order chi connectivity index (χ0) is 20.1. The van der Waals surface area contributed by atoms with Crippen LogP contribution in [0.3, 0.4) is 0 Å². The summed E-state index contributed by atoms with van der Waals surface area (Å²) < 4.78 is 0. The summed E-state index contributed by atoms with van der Waals surface area (Å²) in [6.07, 6.45) is 2.12. The Bertz CT molecular complexity index is 674. The molecule has 2 unspecified atom stereocenters. The largest absolute Gasteiger partial charge is 0.316 e. The topological polar surface area (TPSA) is 71.1 Å². The van der Waals surface area contributed by atoms with E-state index in [-0.39, 0.29) is 17.5 Å². The lowest BCUT2D eigenvalue weighted by Gasteiger charge is -2.10. The molecular weight excluding hydrogens is 338 g/mol. The van der Waals surface area contributed by atoms with Gasteiger partial charge in [0, 0.05) is 43.2 Å². The fraction of sp³-hybridized carbons (Fsp3) is 0.409. The Morgan fingerprint density at radius 2 is 1.70 bits per heavy atom. The number of likely N-dealkylation sites (N-methyl/N-ethyl adjacent to an activating group) is 1. The second kappa shape index (κ2) is 12.9. The fourth-order valence-corrected chi connectivity index (χ4v) is 2.19. The smallest absolute Gasteiger partial charge is 0.163 e. The molecule has 0 fully saturated rings. The van der Waals surface area contributed by atoms with Gasteiger partial charge in [-0.1, -0.05) is 43.3 Å². The highest BCUT2D eigenvalue weighted by atomic mass is 16.1. The quantitative estimate of drug-likeness (QED) is 0.664. The second-order valence-corrected chi connectivity index (χ2v) is 6.65. The molecule has 0 bridgehead atoms. The van der Waals surface area contributed by atoms with Crippen molar-refractivity contribution in [1.29, 1.82) is 0 Å². The predicted octanol–water partition coefficient (Wildman–Crippen LogP) is 3.26. The van der Waals surface area contributed by atoms with Gasteiger partial charge in [0.25, 0.3) is 0 Å². The molecule has 27 heavy (non-hydrogen) atoms. The first-order valence-corrected chi connectivity index (χ1v) is 9.30. The van der Waals surface area contributed by atoms with E-state index in [1.807, 2.05) is 49.6 Å². The van der Waals surface area contributed by atoms with Gasteiger partial charge in [-0.2, -0.15) is 0 Å². The maximum absolute atomic E-state index is 11.6. The van der Waals surface area contributed by atoms with E-state index in [4.69, 9.17) is 0 Å². The van der Waals surface area contributed by atoms with E-state index in [2.05, 4.69) is 22.5 Å².